The van der Waals surface area contributed by atoms with Gasteiger partial charge in [-0.1, -0.05) is 18.2 Å². The molecule has 26 heavy (non-hydrogen) atoms. The Morgan fingerprint density at radius 3 is 2.54 bits per heavy atom. The number of rotatable bonds is 5. The average Bonchev–Trinajstić information content (AvgIpc) is 3.32. The molecule has 1 fully saturated rings. The molecule has 2 aromatic carbocycles. The van der Waals surface area contributed by atoms with Crippen molar-refractivity contribution in [1.82, 2.24) is 10.2 Å². The first kappa shape index (κ1) is 16.3. The van der Waals surface area contributed by atoms with Crippen LogP contribution in [-0.4, -0.2) is 22.6 Å². The van der Waals surface area contributed by atoms with E-state index < -0.39 is 0 Å². The van der Waals surface area contributed by atoms with Crippen LogP contribution in [0.3, 0.4) is 0 Å². The third-order valence-corrected chi connectivity index (χ3v) is 4.47. The number of anilines is 2. The van der Waals surface area contributed by atoms with Crippen LogP contribution in [0.2, 0.25) is 0 Å². The molecule has 6 nitrogen and oxygen atoms in total. The molecule has 1 aliphatic heterocycles. The molecule has 1 aromatic heterocycles. The number of carbonyl (C=O) groups is 1. The minimum Gasteiger partial charge on any atom is -0.418 e. The molecule has 1 aliphatic rings. The Labute approximate surface area is 151 Å². The van der Waals surface area contributed by atoms with Crippen LogP contribution in [-0.2, 0) is 4.79 Å². The summed E-state index contributed by atoms with van der Waals surface area (Å²) in [5.74, 6) is 1.23. The Morgan fingerprint density at radius 2 is 1.85 bits per heavy atom. The van der Waals surface area contributed by atoms with Crippen molar-refractivity contribution in [2.45, 2.75) is 25.8 Å². The Bertz CT molecular complexity index is 890. The second-order valence-electron chi connectivity index (χ2n) is 6.37. The van der Waals surface area contributed by atoms with E-state index in [1.54, 1.807) is 0 Å². The van der Waals surface area contributed by atoms with E-state index in [9.17, 15) is 4.79 Å². The Balaban J connectivity index is 1.44. The van der Waals surface area contributed by atoms with Crippen LogP contribution in [0.15, 0.2) is 59.0 Å². The first-order chi connectivity index (χ1) is 12.7. The minimum absolute atomic E-state index is 0.126. The highest BCUT2D eigenvalue weighted by molar-refractivity contribution is 5.95. The second kappa shape index (κ2) is 7.00. The SMILES string of the molecule is C[C@@H](Nc1ccc(N2CCCC2=O)cc1)c1nnc(-c2ccccc2)o1. The molecule has 2 heterocycles. The molecular weight excluding hydrogens is 328 g/mol. The molecule has 1 amide bonds. The highest BCUT2D eigenvalue weighted by Gasteiger charge is 2.21. The summed E-state index contributed by atoms with van der Waals surface area (Å²) in [6, 6.07) is 17.4. The molecular formula is C20H20N4O2. The van der Waals surface area contributed by atoms with Crippen molar-refractivity contribution in [1.29, 1.82) is 0 Å². The van der Waals surface area contributed by atoms with E-state index in [4.69, 9.17) is 4.42 Å². The topological polar surface area (TPSA) is 71.3 Å². The van der Waals surface area contributed by atoms with Gasteiger partial charge in [-0.2, -0.15) is 0 Å². The molecule has 6 heteroatoms. The van der Waals surface area contributed by atoms with Gasteiger partial charge in [-0.25, -0.2) is 0 Å². The van der Waals surface area contributed by atoms with Gasteiger partial charge in [0.2, 0.25) is 17.7 Å². The molecule has 0 spiro atoms. The van der Waals surface area contributed by atoms with Crippen molar-refractivity contribution in [2.24, 2.45) is 0 Å². The summed E-state index contributed by atoms with van der Waals surface area (Å²) in [6.45, 7) is 2.77. The van der Waals surface area contributed by atoms with E-state index in [0.29, 0.717) is 18.2 Å². The zero-order valence-corrected chi connectivity index (χ0v) is 14.6. The molecule has 3 aromatic rings. The molecule has 132 valence electrons. The van der Waals surface area contributed by atoms with E-state index in [-0.39, 0.29) is 11.9 Å². The Morgan fingerprint density at radius 1 is 1.08 bits per heavy atom. The summed E-state index contributed by atoms with van der Waals surface area (Å²) in [5.41, 5.74) is 2.78. The third-order valence-electron chi connectivity index (χ3n) is 4.47. The molecule has 0 unspecified atom stereocenters. The molecule has 0 radical (unpaired) electrons. The van der Waals surface area contributed by atoms with Crippen molar-refractivity contribution >= 4 is 17.3 Å². The summed E-state index contributed by atoms with van der Waals surface area (Å²) < 4.78 is 5.79. The lowest BCUT2D eigenvalue weighted by molar-refractivity contribution is -0.117. The van der Waals surface area contributed by atoms with Gasteiger partial charge in [0.1, 0.15) is 6.04 Å². The van der Waals surface area contributed by atoms with Crippen molar-refractivity contribution in [2.75, 3.05) is 16.8 Å². The number of nitrogens with zero attached hydrogens (tertiary/aromatic N) is 3. The average molecular weight is 348 g/mol. The molecule has 1 N–H and O–H groups in total. The first-order valence-electron chi connectivity index (χ1n) is 8.76. The largest absolute Gasteiger partial charge is 0.418 e. The van der Waals surface area contributed by atoms with Gasteiger partial charge in [0.15, 0.2) is 0 Å². The lowest BCUT2D eigenvalue weighted by atomic mass is 10.2. The minimum atomic E-state index is -0.126. The number of hydrogen-bond acceptors (Lipinski definition) is 5. The smallest absolute Gasteiger partial charge is 0.247 e. The number of hydrogen-bond donors (Lipinski definition) is 1. The number of carbonyl (C=O) groups excluding carboxylic acids is 1. The maximum atomic E-state index is 11.8. The van der Waals surface area contributed by atoms with Crippen LogP contribution in [0, 0.1) is 0 Å². The molecule has 0 bridgehead atoms. The van der Waals surface area contributed by atoms with Crippen LogP contribution in [0.5, 0.6) is 0 Å². The number of nitrogens with one attached hydrogen (secondary N) is 1. The van der Waals surface area contributed by atoms with E-state index in [1.165, 1.54) is 0 Å². The monoisotopic (exact) mass is 348 g/mol. The molecule has 1 atom stereocenters. The van der Waals surface area contributed by atoms with Crippen molar-refractivity contribution in [3.63, 3.8) is 0 Å². The van der Waals surface area contributed by atoms with E-state index >= 15 is 0 Å². The van der Waals surface area contributed by atoms with Crippen LogP contribution >= 0.6 is 0 Å². The van der Waals surface area contributed by atoms with Gasteiger partial charge in [-0.3, -0.25) is 4.79 Å². The summed E-state index contributed by atoms with van der Waals surface area (Å²) in [7, 11) is 0. The van der Waals surface area contributed by atoms with Gasteiger partial charge < -0.3 is 14.6 Å². The third kappa shape index (κ3) is 3.31. The van der Waals surface area contributed by atoms with Gasteiger partial charge in [-0.05, 0) is 49.7 Å². The van der Waals surface area contributed by atoms with Gasteiger partial charge in [0.05, 0.1) is 0 Å². The highest BCUT2D eigenvalue weighted by Crippen LogP contribution is 2.26. The summed E-state index contributed by atoms with van der Waals surface area (Å²) in [4.78, 5) is 13.7. The van der Waals surface area contributed by atoms with Gasteiger partial charge in [0, 0.05) is 29.9 Å². The Hall–Kier alpha value is -3.15. The van der Waals surface area contributed by atoms with Crippen LogP contribution in [0.4, 0.5) is 11.4 Å². The number of aromatic nitrogens is 2. The summed E-state index contributed by atoms with van der Waals surface area (Å²) >= 11 is 0. The van der Waals surface area contributed by atoms with Crippen LogP contribution in [0.25, 0.3) is 11.5 Å². The summed E-state index contributed by atoms with van der Waals surface area (Å²) in [6.07, 6.45) is 1.56. The maximum absolute atomic E-state index is 11.8. The van der Waals surface area contributed by atoms with Gasteiger partial charge >= 0.3 is 0 Å². The van der Waals surface area contributed by atoms with E-state index in [0.717, 1.165) is 29.9 Å². The number of benzene rings is 2. The summed E-state index contributed by atoms with van der Waals surface area (Å²) in [5, 5.41) is 11.6. The van der Waals surface area contributed by atoms with Gasteiger partial charge in [0.25, 0.3) is 0 Å². The fraction of sp³-hybridized carbons (Fsp3) is 0.250. The van der Waals surface area contributed by atoms with Crippen molar-refractivity contribution < 1.29 is 9.21 Å². The molecule has 1 saturated heterocycles. The quantitative estimate of drug-likeness (QED) is 0.753. The van der Waals surface area contributed by atoms with Crippen LogP contribution < -0.4 is 10.2 Å². The van der Waals surface area contributed by atoms with E-state index in [1.807, 2.05) is 66.4 Å². The van der Waals surface area contributed by atoms with E-state index in [2.05, 4.69) is 15.5 Å². The molecule has 4 rings (SSSR count). The predicted octanol–water partition coefficient (Wildman–Crippen LogP) is 4.04. The predicted molar refractivity (Wildman–Crippen MR) is 99.8 cm³/mol. The fourth-order valence-electron chi connectivity index (χ4n) is 3.08. The maximum Gasteiger partial charge on any atom is 0.247 e. The highest BCUT2D eigenvalue weighted by atomic mass is 16.4. The number of amides is 1. The Kier molecular flexibility index (Phi) is 4.39. The van der Waals surface area contributed by atoms with Gasteiger partial charge in [-0.15, -0.1) is 10.2 Å². The second-order valence-corrected chi connectivity index (χ2v) is 6.37. The first-order valence-corrected chi connectivity index (χ1v) is 8.76. The van der Waals surface area contributed by atoms with Crippen LogP contribution in [0.1, 0.15) is 31.7 Å². The lowest BCUT2D eigenvalue weighted by Crippen LogP contribution is -2.23. The zero-order chi connectivity index (χ0) is 17.9. The normalized spacial score (nSPS) is 15.3. The van der Waals surface area contributed by atoms with Crippen molar-refractivity contribution in [3.8, 4) is 11.5 Å². The fourth-order valence-corrected chi connectivity index (χ4v) is 3.08. The standard InChI is InChI=1S/C20H20N4O2/c1-14(19-22-23-20(26-19)15-6-3-2-4-7-15)21-16-9-11-17(12-10-16)24-13-5-8-18(24)25/h2-4,6-7,9-12,14,21H,5,8,13H2,1H3/t14-/m1/s1. The molecule has 0 aliphatic carbocycles. The van der Waals surface area contributed by atoms with Crippen molar-refractivity contribution in [3.05, 3.63) is 60.5 Å². The molecule has 0 saturated carbocycles. The zero-order valence-electron chi connectivity index (χ0n) is 14.6. The lowest BCUT2D eigenvalue weighted by Gasteiger charge is -2.17.